The zero-order valence-corrected chi connectivity index (χ0v) is 22.7. The maximum absolute atomic E-state index is 12.9. The highest BCUT2D eigenvalue weighted by Crippen LogP contribution is 2.26. The average molecular weight is 535 g/mol. The van der Waals surface area contributed by atoms with E-state index in [1.54, 1.807) is 12.1 Å². The number of anilines is 1. The number of hydrogen-bond donors (Lipinski definition) is 2. The molecule has 2 N–H and O–H groups in total. The van der Waals surface area contributed by atoms with Crippen molar-refractivity contribution in [2.75, 3.05) is 11.1 Å². The summed E-state index contributed by atoms with van der Waals surface area (Å²) in [6.07, 6.45) is 0.654. The predicted octanol–water partition coefficient (Wildman–Crippen LogP) is 5.99. The third-order valence-electron chi connectivity index (χ3n) is 5.49. The van der Waals surface area contributed by atoms with Gasteiger partial charge < -0.3 is 15.2 Å². The number of nitrogens with one attached hydrogen (secondary N) is 2. The van der Waals surface area contributed by atoms with Gasteiger partial charge in [0.2, 0.25) is 5.91 Å². The van der Waals surface area contributed by atoms with Crippen LogP contribution in [0.3, 0.4) is 0 Å². The number of benzene rings is 2. The Morgan fingerprint density at radius 1 is 1.06 bits per heavy atom. The van der Waals surface area contributed by atoms with Crippen LogP contribution in [0.15, 0.2) is 41.6 Å². The van der Waals surface area contributed by atoms with Crippen LogP contribution in [-0.4, -0.2) is 32.3 Å². The maximum Gasteiger partial charge on any atom is 0.253 e. The number of halogens is 2. The Morgan fingerprint density at radius 2 is 1.80 bits per heavy atom. The molecule has 0 saturated heterocycles. The van der Waals surface area contributed by atoms with Crippen molar-refractivity contribution >= 4 is 52.5 Å². The number of thioether (sulfide) groups is 1. The standard InChI is InChI=1S/C25H29Cl2N5O2S/c1-14(2)10-21(29-24(34)19-9-7-17(26)12-20(19)27)23-30-31-25(32(23)5)35-13-22(33)28-18-8-6-15(3)16(4)11-18/h6-9,11-12,14,21H,10,13H2,1-5H3,(H,28,33)(H,29,34)/t21-/m0/s1. The van der Waals surface area contributed by atoms with Crippen LogP contribution in [0, 0.1) is 19.8 Å². The van der Waals surface area contributed by atoms with Gasteiger partial charge in [0.05, 0.1) is 22.4 Å². The first kappa shape index (κ1) is 27.0. The third kappa shape index (κ3) is 7.22. The Bertz CT molecular complexity index is 1230. The van der Waals surface area contributed by atoms with Crippen LogP contribution in [-0.2, 0) is 11.8 Å². The molecule has 35 heavy (non-hydrogen) atoms. The molecule has 2 aromatic carbocycles. The molecule has 0 bridgehead atoms. The first-order valence-electron chi connectivity index (χ1n) is 11.2. The summed E-state index contributed by atoms with van der Waals surface area (Å²) >= 11 is 13.5. The van der Waals surface area contributed by atoms with Crippen molar-refractivity contribution < 1.29 is 9.59 Å². The fourth-order valence-corrected chi connectivity index (χ4v) is 4.72. The van der Waals surface area contributed by atoms with E-state index in [1.165, 1.54) is 23.4 Å². The summed E-state index contributed by atoms with van der Waals surface area (Å²) in [6, 6.07) is 10.2. The molecule has 1 heterocycles. The Morgan fingerprint density at radius 3 is 2.46 bits per heavy atom. The van der Waals surface area contributed by atoms with Crippen molar-refractivity contribution in [3.05, 3.63) is 69.0 Å². The lowest BCUT2D eigenvalue weighted by atomic mass is 10.0. The van der Waals surface area contributed by atoms with E-state index >= 15 is 0 Å². The minimum Gasteiger partial charge on any atom is -0.342 e. The first-order valence-corrected chi connectivity index (χ1v) is 12.9. The largest absolute Gasteiger partial charge is 0.342 e. The van der Waals surface area contributed by atoms with Crippen LogP contribution >= 0.6 is 35.0 Å². The van der Waals surface area contributed by atoms with E-state index in [2.05, 4.69) is 34.7 Å². The van der Waals surface area contributed by atoms with Crippen LogP contribution in [0.2, 0.25) is 10.0 Å². The summed E-state index contributed by atoms with van der Waals surface area (Å²) in [4.78, 5) is 25.4. The normalized spacial score (nSPS) is 12.0. The summed E-state index contributed by atoms with van der Waals surface area (Å²) in [5.41, 5.74) is 3.39. The number of nitrogens with zero attached hydrogens (tertiary/aromatic N) is 3. The molecule has 1 atom stereocenters. The van der Waals surface area contributed by atoms with Crippen LogP contribution < -0.4 is 10.6 Å². The molecular formula is C25H29Cl2N5O2S. The quantitative estimate of drug-likeness (QED) is 0.330. The van der Waals surface area contributed by atoms with Crippen molar-refractivity contribution in [2.24, 2.45) is 13.0 Å². The summed E-state index contributed by atoms with van der Waals surface area (Å²) in [7, 11) is 1.83. The smallest absolute Gasteiger partial charge is 0.253 e. The molecular weight excluding hydrogens is 505 g/mol. The number of aryl methyl sites for hydroxylation is 2. The molecule has 2 amide bonds. The molecule has 0 aliphatic carbocycles. The second kappa shape index (κ2) is 11.9. The second-order valence-electron chi connectivity index (χ2n) is 8.82. The van der Waals surface area contributed by atoms with Gasteiger partial charge in [0.1, 0.15) is 0 Å². The lowest BCUT2D eigenvalue weighted by Crippen LogP contribution is -2.31. The van der Waals surface area contributed by atoms with E-state index in [1.807, 2.05) is 43.7 Å². The molecule has 7 nitrogen and oxygen atoms in total. The van der Waals surface area contributed by atoms with Gasteiger partial charge in [0.15, 0.2) is 11.0 Å². The van der Waals surface area contributed by atoms with Crippen molar-refractivity contribution in [3.63, 3.8) is 0 Å². The highest BCUT2D eigenvalue weighted by atomic mass is 35.5. The Balaban J connectivity index is 1.69. The van der Waals surface area contributed by atoms with Crippen molar-refractivity contribution in [3.8, 4) is 0 Å². The summed E-state index contributed by atoms with van der Waals surface area (Å²) in [5.74, 6) is 0.627. The number of rotatable bonds is 9. The minimum atomic E-state index is -0.384. The van der Waals surface area contributed by atoms with Gasteiger partial charge in [0, 0.05) is 17.8 Å². The fourth-order valence-electron chi connectivity index (χ4n) is 3.51. The van der Waals surface area contributed by atoms with Crippen LogP contribution in [0.25, 0.3) is 0 Å². The number of carbonyl (C=O) groups excluding carboxylic acids is 2. The molecule has 0 spiro atoms. The number of hydrogen-bond acceptors (Lipinski definition) is 5. The molecule has 1 aromatic heterocycles. The first-order chi connectivity index (χ1) is 16.5. The van der Waals surface area contributed by atoms with Gasteiger partial charge in [-0.05, 0) is 67.6 Å². The second-order valence-corrected chi connectivity index (χ2v) is 10.6. The van der Waals surface area contributed by atoms with Gasteiger partial charge in [-0.25, -0.2) is 0 Å². The molecule has 0 unspecified atom stereocenters. The van der Waals surface area contributed by atoms with Gasteiger partial charge >= 0.3 is 0 Å². The van der Waals surface area contributed by atoms with Crippen LogP contribution in [0.4, 0.5) is 5.69 Å². The van der Waals surface area contributed by atoms with Crippen LogP contribution in [0.5, 0.6) is 0 Å². The summed E-state index contributed by atoms with van der Waals surface area (Å²) in [5, 5.41) is 15.8. The molecule has 0 aliphatic heterocycles. The molecule has 10 heteroatoms. The molecule has 3 aromatic rings. The Kier molecular flexibility index (Phi) is 9.21. The number of amides is 2. The molecule has 0 fully saturated rings. The Hall–Kier alpha value is -2.55. The lowest BCUT2D eigenvalue weighted by Gasteiger charge is -2.20. The van der Waals surface area contributed by atoms with E-state index in [-0.39, 0.29) is 34.5 Å². The van der Waals surface area contributed by atoms with E-state index < -0.39 is 0 Å². The number of aromatic nitrogens is 3. The lowest BCUT2D eigenvalue weighted by molar-refractivity contribution is -0.113. The van der Waals surface area contributed by atoms with Gasteiger partial charge in [-0.2, -0.15) is 0 Å². The molecule has 0 radical (unpaired) electrons. The SMILES string of the molecule is Cc1ccc(NC(=O)CSc2nnc([C@H](CC(C)C)NC(=O)c3ccc(Cl)cc3Cl)n2C)cc1C. The van der Waals surface area contributed by atoms with Crippen LogP contribution in [0.1, 0.15) is 53.6 Å². The van der Waals surface area contributed by atoms with Crippen molar-refractivity contribution in [1.82, 2.24) is 20.1 Å². The highest BCUT2D eigenvalue weighted by Gasteiger charge is 2.24. The van der Waals surface area contributed by atoms with Gasteiger partial charge in [0.25, 0.3) is 5.91 Å². The van der Waals surface area contributed by atoms with Gasteiger partial charge in [-0.3, -0.25) is 9.59 Å². The highest BCUT2D eigenvalue weighted by molar-refractivity contribution is 7.99. The van der Waals surface area contributed by atoms with Gasteiger partial charge in [-0.15, -0.1) is 10.2 Å². The average Bonchev–Trinajstić information content (AvgIpc) is 3.14. The molecule has 0 aliphatic rings. The summed E-state index contributed by atoms with van der Waals surface area (Å²) in [6.45, 7) is 8.17. The topological polar surface area (TPSA) is 88.9 Å². The van der Waals surface area contributed by atoms with Crippen molar-refractivity contribution in [2.45, 2.75) is 45.3 Å². The predicted molar refractivity (Wildman–Crippen MR) is 142 cm³/mol. The van der Waals surface area contributed by atoms with Gasteiger partial charge in [-0.1, -0.05) is 54.9 Å². The van der Waals surface area contributed by atoms with E-state index in [0.717, 1.165) is 11.3 Å². The van der Waals surface area contributed by atoms with E-state index in [0.29, 0.717) is 28.0 Å². The van der Waals surface area contributed by atoms with E-state index in [9.17, 15) is 9.59 Å². The van der Waals surface area contributed by atoms with Crippen molar-refractivity contribution in [1.29, 1.82) is 0 Å². The zero-order chi connectivity index (χ0) is 25.7. The third-order valence-corrected chi connectivity index (χ3v) is 7.06. The minimum absolute atomic E-state index is 0.132. The monoisotopic (exact) mass is 533 g/mol. The Labute approximate surface area is 220 Å². The summed E-state index contributed by atoms with van der Waals surface area (Å²) < 4.78 is 1.81. The molecule has 3 rings (SSSR count). The zero-order valence-electron chi connectivity index (χ0n) is 20.4. The van der Waals surface area contributed by atoms with E-state index in [4.69, 9.17) is 23.2 Å². The molecule has 186 valence electrons. The number of carbonyl (C=O) groups is 2. The molecule has 0 saturated carbocycles. The maximum atomic E-state index is 12.9. The fraction of sp³-hybridized carbons (Fsp3) is 0.360.